The highest BCUT2D eigenvalue weighted by molar-refractivity contribution is 6.22. The van der Waals surface area contributed by atoms with Crippen molar-refractivity contribution in [1.82, 2.24) is 4.57 Å². The summed E-state index contributed by atoms with van der Waals surface area (Å²) in [6, 6.07) is 71.7. The summed E-state index contributed by atoms with van der Waals surface area (Å²) in [7, 11) is 0. The third kappa shape index (κ3) is 5.38. The molecule has 0 amide bonds. The van der Waals surface area contributed by atoms with Crippen LogP contribution in [0.4, 0.5) is 0 Å². The van der Waals surface area contributed by atoms with E-state index in [2.05, 4.69) is 219 Å². The molecule has 0 saturated carbocycles. The van der Waals surface area contributed by atoms with Gasteiger partial charge in [0.2, 0.25) is 0 Å². The molecule has 1 nitrogen and oxygen atoms in total. The molecule has 0 saturated heterocycles. The second kappa shape index (κ2) is 13.1. The lowest BCUT2D eigenvalue weighted by atomic mass is 9.81. The maximum absolute atomic E-state index is 2.49. The van der Waals surface area contributed by atoms with Crippen molar-refractivity contribution in [2.75, 3.05) is 0 Å². The number of para-hydroxylation sites is 1. The first-order valence-electron chi connectivity index (χ1n) is 20.1. The van der Waals surface area contributed by atoms with Crippen LogP contribution >= 0.6 is 0 Å². The maximum atomic E-state index is 2.49. The molecule has 270 valence electrons. The van der Waals surface area contributed by atoms with E-state index in [1.54, 1.807) is 0 Å². The standard InChI is InChI=1S/C56H41N/c1-56(2)51-26-14-12-23-47(51)48-31-29-40(35-52(48)56)42(32-41-20-8-9-21-45(41)38-17-4-3-5-18-38)33-43-36-54-55(49-24-11-10-22-46(43)49)50-25-13-15-27-53(50)57(54)44-30-28-37-16-6-7-19-39(37)34-44/h3-32,34-36H,33H2,1-2H3/b42-32-. The molecular formula is C56H41N. The lowest BCUT2D eigenvalue weighted by Crippen LogP contribution is -2.15. The van der Waals surface area contributed by atoms with Crippen LogP contribution in [0.1, 0.15) is 41.7 Å². The molecule has 0 aliphatic heterocycles. The molecule has 0 fully saturated rings. The van der Waals surface area contributed by atoms with Gasteiger partial charge in [0.1, 0.15) is 0 Å². The van der Waals surface area contributed by atoms with E-state index in [-0.39, 0.29) is 5.41 Å². The number of rotatable bonds is 6. The summed E-state index contributed by atoms with van der Waals surface area (Å²) in [5, 5.41) is 7.65. The summed E-state index contributed by atoms with van der Waals surface area (Å²) in [4.78, 5) is 0. The molecule has 0 spiro atoms. The van der Waals surface area contributed by atoms with Crippen LogP contribution in [0.3, 0.4) is 0 Å². The van der Waals surface area contributed by atoms with Crippen molar-refractivity contribution in [2.45, 2.75) is 25.7 Å². The third-order valence-electron chi connectivity index (χ3n) is 12.5. The van der Waals surface area contributed by atoms with Gasteiger partial charge in [-0.25, -0.2) is 0 Å². The number of fused-ring (bicyclic) bond motifs is 9. The molecule has 10 aromatic rings. The van der Waals surface area contributed by atoms with Crippen molar-refractivity contribution < 1.29 is 0 Å². The van der Waals surface area contributed by atoms with Crippen LogP contribution < -0.4 is 0 Å². The summed E-state index contributed by atoms with van der Waals surface area (Å²) in [5.74, 6) is 0. The molecule has 11 rings (SSSR count). The van der Waals surface area contributed by atoms with Gasteiger partial charge in [-0.1, -0.05) is 184 Å². The van der Waals surface area contributed by atoms with Gasteiger partial charge in [0.05, 0.1) is 11.0 Å². The summed E-state index contributed by atoms with van der Waals surface area (Å²) < 4.78 is 2.48. The average molecular weight is 728 g/mol. The molecule has 0 radical (unpaired) electrons. The number of nitrogens with zero attached hydrogens (tertiary/aromatic N) is 1. The summed E-state index contributed by atoms with van der Waals surface area (Å²) in [6.45, 7) is 4.76. The predicted molar refractivity (Wildman–Crippen MR) is 243 cm³/mol. The van der Waals surface area contributed by atoms with E-state index >= 15 is 0 Å². The first-order valence-corrected chi connectivity index (χ1v) is 20.1. The van der Waals surface area contributed by atoms with Crippen molar-refractivity contribution in [3.63, 3.8) is 0 Å². The van der Waals surface area contributed by atoms with Gasteiger partial charge in [-0.2, -0.15) is 0 Å². The quantitative estimate of drug-likeness (QED) is 0.150. The van der Waals surface area contributed by atoms with Crippen LogP contribution in [0.5, 0.6) is 0 Å². The molecule has 1 heterocycles. The molecule has 1 aliphatic rings. The zero-order valence-corrected chi connectivity index (χ0v) is 32.2. The van der Waals surface area contributed by atoms with Gasteiger partial charge in [0, 0.05) is 21.9 Å². The lowest BCUT2D eigenvalue weighted by molar-refractivity contribution is 0.660. The van der Waals surface area contributed by atoms with E-state index in [0.29, 0.717) is 0 Å². The van der Waals surface area contributed by atoms with E-state index < -0.39 is 0 Å². The molecule has 0 bridgehead atoms. The Hall–Kier alpha value is -6.96. The van der Waals surface area contributed by atoms with Crippen molar-refractivity contribution in [1.29, 1.82) is 0 Å². The normalized spacial score (nSPS) is 13.4. The van der Waals surface area contributed by atoms with E-state index in [4.69, 9.17) is 0 Å². The minimum atomic E-state index is -0.0958. The van der Waals surface area contributed by atoms with Crippen LogP contribution in [0.15, 0.2) is 194 Å². The van der Waals surface area contributed by atoms with Crippen molar-refractivity contribution in [2.24, 2.45) is 0 Å². The van der Waals surface area contributed by atoms with Crippen LogP contribution in [0, 0.1) is 0 Å². The third-order valence-corrected chi connectivity index (χ3v) is 12.5. The number of hydrogen-bond acceptors (Lipinski definition) is 0. The average Bonchev–Trinajstić information content (AvgIpc) is 3.72. The largest absolute Gasteiger partial charge is 0.309 e. The van der Waals surface area contributed by atoms with Crippen molar-refractivity contribution in [3.8, 4) is 27.9 Å². The van der Waals surface area contributed by atoms with Crippen molar-refractivity contribution in [3.05, 3.63) is 222 Å². The van der Waals surface area contributed by atoms with Gasteiger partial charge in [-0.15, -0.1) is 0 Å². The summed E-state index contributed by atoms with van der Waals surface area (Å²) >= 11 is 0. The van der Waals surface area contributed by atoms with Crippen LogP contribution in [-0.2, 0) is 11.8 Å². The Kier molecular flexibility index (Phi) is 7.66. The van der Waals surface area contributed by atoms with E-state index in [9.17, 15) is 0 Å². The fourth-order valence-electron chi connectivity index (χ4n) is 9.68. The van der Waals surface area contributed by atoms with Gasteiger partial charge < -0.3 is 4.57 Å². The van der Waals surface area contributed by atoms with E-state index in [1.165, 1.54) is 105 Å². The Morgan fingerprint density at radius 3 is 2.02 bits per heavy atom. The summed E-state index contributed by atoms with van der Waals surface area (Å²) in [6.07, 6.45) is 3.22. The molecular weight excluding hydrogens is 687 g/mol. The Balaban J connectivity index is 1.16. The van der Waals surface area contributed by atoms with E-state index in [1.807, 2.05) is 0 Å². The highest BCUT2D eigenvalue weighted by Gasteiger charge is 2.35. The highest BCUT2D eigenvalue weighted by atomic mass is 15.0. The fraction of sp³-hybridized carbons (Fsp3) is 0.0714. The second-order valence-corrected chi connectivity index (χ2v) is 16.1. The van der Waals surface area contributed by atoms with Gasteiger partial charge >= 0.3 is 0 Å². The van der Waals surface area contributed by atoms with Gasteiger partial charge in [-0.05, 0) is 114 Å². The highest BCUT2D eigenvalue weighted by Crippen LogP contribution is 2.49. The smallest absolute Gasteiger partial charge is 0.0550 e. The van der Waals surface area contributed by atoms with Crippen LogP contribution in [0.25, 0.3) is 82.9 Å². The first kappa shape index (κ1) is 33.4. The molecule has 1 aromatic heterocycles. The van der Waals surface area contributed by atoms with Crippen molar-refractivity contribution >= 4 is 55.0 Å². The Bertz CT molecular complexity index is 3230. The molecule has 0 N–H and O–H groups in total. The monoisotopic (exact) mass is 727 g/mol. The molecule has 57 heavy (non-hydrogen) atoms. The lowest BCUT2D eigenvalue weighted by Gasteiger charge is -2.22. The zero-order chi connectivity index (χ0) is 38.1. The number of allylic oxidation sites excluding steroid dienone is 1. The SMILES string of the molecule is CC1(C)c2ccccc2-c2ccc(/C(=C\c3ccccc3-c3ccccc3)Cc3cc4c(c5ccccc35)c3ccccc3n4-c3ccc4ccccc4c3)cc21. The number of benzene rings is 9. The molecule has 0 atom stereocenters. The summed E-state index contributed by atoms with van der Waals surface area (Å²) in [5.41, 5.74) is 16.6. The fourth-order valence-corrected chi connectivity index (χ4v) is 9.68. The Labute approximate surface area is 333 Å². The van der Waals surface area contributed by atoms with Crippen LogP contribution in [-0.4, -0.2) is 4.57 Å². The number of aromatic nitrogens is 1. The van der Waals surface area contributed by atoms with E-state index in [0.717, 1.165) is 6.42 Å². The molecule has 1 aliphatic carbocycles. The first-order chi connectivity index (χ1) is 28.0. The molecule has 9 aromatic carbocycles. The minimum absolute atomic E-state index is 0.0958. The number of hydrogen-bond donors (Lipinski definition) is 0. The Morgan fingerprint density at radius 2 is 1.16 bits per heavy atom. The molecule has 1 heteroatoms. The predicted octanol–water partition coefficient (Wildman–Crippen LogP) is 14.8. The van der Waals surface area contributed by atoms with Gasteiger partial charge in [-0.3, -0.25) is 0 Å². The molecule has 0 unspecified atom stereocenters. The zero-order valence-electron chi connectivity index (χ0n) is 32.2. The maximum Gasteiger partial charge on any atom is 0.0550 e. The van der Waals surface area contributed by atoms with Crippen LogP contribution in [0.2, 0.25) is 0 Å². The van der Waals surface area contributed by atoms with Gasteiger partial charge in [0.15, 0.2) is 0 Å². The minimum Gasteiger partial charge on any atom is -0.309 e. The topological polar surface area (TPSA) is 4.93 Å². The van der Waals surface area contributed by atoms with Gasteiger partial charge in [0.25, 0.3) is 0 Å². The Morgan fingerprint density at radius 1 is 0.491 bits per heavy atom. The second-order valence-electron chi connectivity index (χ2n) is 16.1.